The lowest BCUT2D eigenvalue weighted by Crippen LogP contribution is -2.52. The van der Waals surface area contributed by atoms with Crippen molar-refractivity contribution in [3.8, 4) is 0 Å². The highest BCUT2D eigenvalue weighted by Gasteiger charge is 2.27. The zero-order chi connectivity index (χ0) is 24.8. The molecule has 0 radical (unpaired) electrons. The number of hydrogen-bond acceptors (Lipinski definition) is 7. The molecule has 1 unspecified atom stereocenters. The fourth-order valence-corrected chi connectivity index (χ4v) is 4.63. The zero-order valence-corrected chi connectivity index (χ0v) is 20.8. The van der Waals surface area contributed by atoms with Crippen LogP contribution in [0.1, 0.15) is 26.8 Å². The van der Waals surface area contributed by atoms with Crippen LogP contribution in [0.25, 0.3) is 0 Å². The van der Waals surface area contributed by atoms with Crippen molar-refractivity contribution in [3.63, 3.8) is 0 Å². The second-order valence-corrected chi connectivity index (χ2v) is 9.69. The van der Waals surface area contributed by atoms with Crippen molar-refractivity contribution in [2.24, 2.45) is 0 Å². The number of thiazole rings is 1. The third kappa shape index (κ3) is 6.99. The Bertz CT molecular complexity index is 1090. The minimum absolute atomic E-state index is 0.167. The van der Waals surface area contributed by atoms with E-state index < -0.39 is 36.1 Å². The van der Waals surface area contributed by atoms with Gasteiger partial charge >= 0.3 is 0 Å². The van der Waals surface area contributed by atoms with Crippen molar-refractivity contribution >= 4 is 52.3 Å². The summed E-state index contributed by atoms with van der Waals surface area (Å²) in [5.74, 6) is -1.98. The molecule has 1 aromatic carbocycles. The number of nitrogens with one attached hydrogen (secondary N) is 3. The summed E-state index contributed by atoms with van der Waals surface area (Å²) in [5, 5.41) is 8.53. The van der Waals surface area contributed by atoms with Gasteiger partial charge in [0.15, 0.2) is 5.01 Å². The number of aromatic nitrogens is 1. The summed E-state index contributed by atoms with van der Waals surface area (Å²) in [7, 11) is 5.12. The van der Waals surface area contributed by atoms with Gasteiger partial charge in [0.25, 0.3) is 5.91 Å². The Labute approximate surface area is 206 Å². The minimum Gasteiger partial charge on any atom is -0.353 e. The summed E-state index contributed by atoms with van der Waals surface area (Å²) in [6, 6.07) is 5.55. The number of rotatable bonds is 8. The molecule has 0 bridgehead atoms. The van der Waals surface area contributed by atoms with E-state index in [1.807, 2.05) is 7.05 Å². The lowest BCUT2D eigenvalue weighted by Gasteiger charge is -2.21. The van der Waals surface area contributed by atoms with Gasteiger partial charge in [-0.1, -0.05) is 17.7 Å². The van der Waals surface area contributed by atoms with Crippen molar-refractivity contribution < 1.29 is 19.2 Å². The standard InChI is InChI=1S/C22H27ClN6O4S/c1-28(2)22(33)16(26-20(32)21-27-15-7-8-29(3)12-17(15)34-21)11-24-18(30)10-19(31)25-14-6-4-5-13(23)9-14/h4-6,9,16H,7-8,10-12H2,1-3H3,(H,24,30)(H,25,31)(H,26,32). The quantitative estimate of drug-likeness (QED) is 0.461. The van der Waals surface area contributed by atoms with Gasteiger partial charge in [0.05, 0.1) is 5.69 Å². The molecule has 2 aromatic rings. The van der Waals surface area contributed by atoms with Crippen molar-refractivity contribution in [1.82, 2.24) is 25.4 Å². The molecule has 0 saturated heterocycles. The molecule has 10 nitrogen and oxygen atoms in total. The van der Waals surface area contributed by atoms with E-state index >= 15 is 0 Å². The molecule has 0 fully saturated rings. The first-order chi connectivity index (χ1) is 16.1. The molecule has 1 aliphatic heterocycles. The number of carbonyl (C=O) groups excluding carboxylic acids is 4. The summed E-state index contributed by atoms with van der Waals surface area (Å²) in [4.78, 5) is 58.7. The number of fused-ring (bicyclic) bond motifs is 1. The second-order valence-electron chi connectivity index (χ2n) is 8.17. The minimum atomic E-state index is -1.01. The van der Waals surface area contributed by atoms with Gasteiger partial charge in [0.1, 0.15) is 12.5 Å². The Balaban J connectivity index is 1.57. The fraction of sp³-hybridized carbons (Fsp3) is 0.409. The lowest BCUT2D eigenvalue weighted by molar-refractivity contribution is -0.130. The molecule has 1 aromatic heterocycles. The molecule has 4 amide bonds. The average molecular weight is 507 g/mol. The van der Waals surface area contributed by atoms with E-state index in [4.69, 9.17) is 11.6 Å². The van der Waals surface area contributed by atoms with Gasteiger partial charge < -0.3 is 25.8 Å². The third-order valence-electron chi connectivity index (χ3n) is 5.09. The normalized spacial score (nSPS) is 14.0. The molecular weight excluding hydrogens is 480 g/mol. The Kier molecular flexibility index (Phi) is 8.59. The maximum Gasteiger partial charge on any atom is 0.280 e. The number of benzene rings is 1. The number of anilines is 1. The SMILES string of the molecule is CN1CCc2nc(C(=O)NC(CNC(=O)CC(=O)Nc3cccc(Cl)c3)C(=O)N(C)C)sc2C1. The maximum absolute atomic E-state index is 12.8. The van der Waals surface area contributed by atoms with Crippen LogP contribution in [0.15, 0.2) is 24.3 Å². The molecule has 0 aliphatic carbocycles. The number of nitrogens with zero attached hydrogens (tertiary/aromatic N) is 3. The van der Waals surface area contributed by atoms with Gasteiger partial charge in [0, 0.05) is 55.7 Å². The predicted octanol–water partition coefficient (Wildman–Crippen LogP) is 1.12. The molecule has 182 valence electrons. The molecule has 34 heavy (non-hydrogen) atoms. The first-order valence-corrected chi connectivity index (χ1v) is 11.8. The Hall–Kier alpha value is -3.02. The van der Waals surface area contributed by atoms with Gasteiger partial charge in [-0.25, -0.2) is 4.98 Å². The van der Waals surface area contributed by atoms with E-state index in [1.165, 1.54) is 16.2 Å². The van der Waals surface area contributed by atoms with Crippen molar-refractivity contribution in [1.29, 1.82) is 0 Å². The Morgan fingerprint density at radius 1 is 1.24 bits per heavy atom. The molecule has 1 aliphatic rings. The van der Waals surface area contributed by atoms with Gasteiger partial charge in [-0.2, -0.15) is 0 Å². The van der Waals surface area contributed by atoms with E-state index in [0.29, 0.717) is 10.7 Å². The molecule has 12 heteroatoms. The van der Waals surface area contributed by atoms with Crippen LogP contribution in [0.2, 0.25) is 5.02 Å². The van der Waals surface area contributed by atoms with Crippen molar-refractivity contribution in [2.45, 2.75) is 25.4 Å². The van der Waals surface area contributed by atoms with Crippen LogP contribution in [0.5, 0.6) is 0 Å². The van der Waals surface area contributed by atoms with Gasteiger partial charge in [-0.3, -0.25) is 19.2 Å². The van der Waals surface area contributed by atoms with Crippen LogP contribution >= 0.6 is 22.9 Å². The highest BCUT2D eigenvalue weighted by molar-refractivity contribution is 7.13. The number of amides is 4. The van der Waals surface area contributed by atoms with Crippen LogP contribution in [-0.2, 0) is 27.3 Å². The van der Waals surface area contributed by atoms with Crippen LogP contribution in [0.3, 0.4) is 0 Å². The molecule has 0 spiro atoms. The summed E-state index contributed by atoms with van der Waals surface area (Å²) >= 11 is 7.19. The summed E-state index contributed by atoms with van der Waals surface area (Å²) in [5.41, 5.74) is 1.37. The van der Waals surface area contributed by atoms with Crippen LogP contribution in [0.4, 0.5) is 5.69 Å². The molecule has 3 rings (SSSR count). The van der Waals surface area contributed by atoms with Crippen LogP contribution in [-0.4, -0.2) is 78.7 Å². The Morgan fingerprint density at radius 3 is 2.71 bits per heavy atom. The monoisotopic (exact) mass is 506 g/mol. The van der Waals surface area contributed by atoms with Gasteiger partial charge in [-0.05, 0) is 25.2 Å². The third-order valence-corrected chi connectivity index (χ3v) is 6.41. The topological polar surface area (TPSA) is 124 Å². The average Bonchev–Trinajstić information content (AvgIpc) is 3.19. The summed E-state index contributed by atoms with van der Waals surface area (Å²) in [6.45, 7) is 1.43. The number of likely N-dealkylation sites (N-methyl/N-ethyl adjacent to an activating group) is 2. The van der Waals surface area contributed by atoms with Crippen molar-refractivity contribution in [2.75, 3.05) is 39.5 Å². The van der Waals surface area contributed by atoms with E-state index in [0.717, 1.165) is 30.1 Å². The summed E-state index contributed by atoms with van der Waals surface area (Å²) < 4.78 is 0. The smallest absolute Gasteiger partial charge is 0.280 e. The van der Waals surface area contributed by atoms with E-state index in [-0.39, 0.29) is 11.6 Å². The maximum atomic E-state index is 12.8. The largest absolute Gasteiger partial charge is 0.353 e. The molecule has 2 heterocycles. The van der Waals surface area contributed by atoms with Crippen LogP contribution in [0, 0.1) is 0 Å². The molecule has 0 saturated carbocycles. The van der Waals surface area contributed by atoms with Crippen molar-refractivity contribution in [3.05, 3.63) is 44.9 Å². The Morgan fingerprint density at radius 2 is 2.00 bits per heavy atom. The highest BCUT2D eigenvalue weighted by atomic mass is 35.5. The first kappa shape index (κ1) is 25.6. The van der Waals surface area contributed by atoms with E-state index in [9.17, 15) is 19.2 Å². The van der Waals surface area contributed by atoms with E-state index in [1.54, 1.807) is 38.4 Å². The number of carbonyl (C=O) groups is 4. The number of halogens is 1. The fourth-order valence-electron chi connectivity index (χ4n) is 3.35. The highest BCUT2D eigenvalue weighted by Crippen LogP contribution is 2.24. The van der Waals surface area contributed by atoms with Gasteiger partial charge in [-0.15, -0.1) is 11.3 Å². The predicted molar refractivity (Wildman–Crippen MR) is 130 cm³/mol. The zero-order valence-electron chi connectivity index (χ0n) is 19.2. The summed E-state index contributed by atoms with van der Waals surface area (Å²) in [6.07, 6.45) is 0.318. The second kappa shape index (κ2) is 11.4. The molecule has 1 atom stereocenters. The van der Waals surface area contributed by atoms with Crippen LogP contribution < -0.4 is 16.0 Å². The lowest BCUT2D eigenvalue weighted by atomic mass is 10.2. The molecule has 3 N–H and O–H groups in total. The van der Waals surface area contributed by atoms with Gasteiger partial charge in [0.2, 0.25) is 17.7 Å². The number of hydrogen-bond donors (Lipinski definition) is 3. The first-order valence-electron chi connectivity index (χ1n) is 10.6. The molecular formula is C22H27ClN6O4S. The van der Waals surface area contributed by atoms with E-state index in [2.05, 4.69) is 25.8 Å².